The van der Waals surface area contributed by atoms with Gasteiger partial charge in [0.2, 0.25) is 5.91 Å². The molecule has 158 valence electrons. The molecular weight excluding hydrogens is 392 g/mol. The lowest BCUT2D eigenvalue weighted by atomic mass is 9.82. The molecule has 0 aromatic heterocycles. The van der Waals surface area contributed by atoms with Crippen LogP contribution >= 0.6 is 0 Å². The molecule has 3 aliphatic rings. The van der Waals surface area contributed by atoms with Crippen LogP contribution in [0.3, 0.4) is 0 Å². The third-order valence-electron chi connectivity index (χ3n) is 6.80. The minimum absolute atomic E-state index is 0.0221. The second kappa shape index (κ2) is 7.69. The number of benzene rings is 2. The molecule has 1 saturated carbocycles. The van der Waals surface area contributed by atoms with Gasteiger partial charge < -0.3 is 15.3 Å². The van der Waals surface area contributed by atoms with Crippen LogP contribution in [0.2, 0.25) is 0 Å². The highest BCUT2D eigenvalue weighted by atomic mass is 16.4. The van der Waals surface area contributed by atoms with Gasteiger partial charge in [0.15, 0.2) is 0 Å². The first-order chi connectivity index (χ1) is 15.0. The van der Waals surface area contributed by atoms with Gasteiger partial charge in [0.25, 0.3) is 5.91 Å². The van der Waals surface area contributed by atoms with Crippen molar-refractivity contribution in [3.05, 3.63) is 71.8 Å². The van der Waals surface area contributed by atoms with Gasteiger partial charge in [0, 0.05) is 23.5 Å². The van der Waals surface area contributed by atoms with Crippen LogP contribution in [0.5, 0.6) is 0 Å². The van der Waals surface area contributed by atoms with E-state index in [4.69, 9.17) is 0 Å². The number of hydrogen-bond acceptors (Lipinski definition) is 3. The van der Waals surface area contributed by atoms with Gasteiger partial charge in [-0.15, -0.1) is 0 Å². The monoisotopic (exact) mass is 416 g/mol. The standard InChI is InChI=1S/C25H24N2O4/c28-23(21-17-7-8-18(14-17)22(21)25(30)31)26-19-11-9-16(10-12-19)24(29)27-13-3-5-15-4-1-2-6-20(15)27/h1-2,4,6-12,17-18,21-22H,3,5,13-14H2,(H,26,28)(H,30,31)/t17-,18+,21-,22+/m0/s1. The Bertz CT molecular complexity index is 1080. The van der Waals surface area contributed by atoms with E-state index in [2.05, 4.69) is 11.4 Å². The summed E-state index contributed by atoms with van der Waals surface area (Å²) in [6.45, 7) is 0.683. The van der Waals surface area contributed by atoms with Crippen molar-refractivity contribution in [1.29, 1.82) is 0 Å². The minimum Gasteiger partial charge on any atom is -0.481 e. The average Bonchev–Trinajstić information content (AvgIpc) is 3.41. The molecule has 1 fully saturated rings. The number of nitrogens with one attached hydrogen (secondary N) is 1. The highest BCUT2D eigenvalue weighted by Crippen LogP contribution is 2.48. The number of carbonyl (C=O) groups excluding carboxylic acids is 2. The van der Waals surface area contributed by atoms with Crippen LogP contribution in [-0.2, 0) is 16.0 Å². The SMILES string of the molecule is O=C(Nc1ccc(C(=O)N2CCCc3ccccc32)cc1)[C@@H]1[C@H](C(=O)O)[C@@H]2C=C[C@H]1C2. The molecule has 2 bridgehead atoms. The van der Waals surface area contributed by atoms with Crippen LogP contribution in [0.25, 0.3) is 0 Å². The molecule has 2 N–H and O–H groups in total. The number of para-hydroxylation sites is 1. The fourth-order valence-electron chi connectivity index (χ4n) is 5.34. The van der Waals surface area contributed by atoms with Crippen molar-refractivity contribution in [2.24, 2.45) is 23.7 Å². The van der Waals surface area contributed by atoms with E-state index in [1.54, 1.807) is 24.3 Å². The number of rotatable bonds is 4. The van der Waals surface area contributed by atoms with Crippen molar-refractivity contribution in [2.45, 2.75) is 19.3 Å². The topological polar surface area (TPSA) is 86.7 Å². The molecule has 0 saturated heterocycles. The Kier molecular flexibility index (Phi) is 4.85. The van der Waals surface area contributed by atoms with Crippen molar-refractivity contribution in [3.63, 3.8) is 0 Å². The second-order valence-electron chi connectivity index (χ2n) is 8.59. The molecule has 0 unspecified atom stereocenters. The number of carboxylic acids is 1. The largest absolute Gasteiger partial charge is 0.481 e. The molecule has 5 rings (SSSR count). The van der Waals surface area contributed by atoms with Crippen molar-refractivity contribution in [2.75, 3.05) is 16.8 Å². The van der Waals surface area contributed by atoms with Gasteiger partial charge in [-0.1, -0.05) is 30.4 Å². The molecular formula is C25H24N2O4. The van der Waals surface area contributed by atoms with Crippen molar-refractivity contribution in [1.82, 2.24) is 0 Å². The van der Waals surface area contributed by atoms with Crippen LogP contribution < -0.4 is 10.2 Å². The summed E-state index contributed by atoms with van der Waals surface area (Å²) in [5.74, 6) is -2.56. The number of carbonyl (C=O) groups is 3. The number of allylic oxidation sites excluding steroid dienone is 2. The van der Waals surface area contributed by atoms with Gasteiger partial charge in [0.1, 0.15) is 0 Å². The molecule has 1 heterocycles. The van der Waals surface area contributed by atoms with E-state index in [1.807, 2.05) is 35.3 Å². The molecule has 6 heteroatoms. The molecule has 31 heavy (non-hydrogen) atoms. The number of anilines is 2. The summed E-state index contributed by atoms with van der Waals surface area (Å²) in [4.78, 5) is 39.4. The molecule has 2 aromatic rings. The summed E-state index contributed by atoms with van der Waals surface area (Å²) < 4.78 is 0. The third-order valence-corrected chi connectivity index (χ3v) is 6.80. The van der Waals surface area contributed by atoms with Crippen molar-refractivity contribution < 1.29 is 19.5 Å². The van der Waals surface area contributed by atoms with Crippen LogP contribution in [-0.4, -0.2) is 29.4 Å². The van der Waals surface area contributed by atoms with Gasteiger partial charge in [-0.2, -0.15) is 0 Å². The Morgan fingerprint density at radius 2 is 1.65 bits per heavy atom. The van der Waals surface area contributed by atoms with E-state index < -0.39 is 17.8 Å². The lowest BCUT2D eigenvalue weighted by Gasteiger charge is -2.29. The summed E-state index contributed by atoms with van der Waals surface area (Å²) >= 11 is 0. The number of aliphatic carboxylic acids is 1. The highest BCUT2D eigenvalue weighted by molar-refractivity contribution is 6.07. The normalized spacial score (nSPS) is 25.9. The summed E-state index contributed by atoms with van der Waals surface area (Å²) in [6.07, 6.45) is 6.51. The minimum atomic E-state index is -0.917. The lowest BCUT2D eigenvalue weighted by molar-refractivity contribution is -0.146. The van der Waals surface area contributed by atoms with E-state index in [1.165, 1.54) is 5.56 Å². The van der Waals surface area contributed by atoms with E-state index >= 15 is 0 Å². The van der Waals surface area contributed by atoms with Crippen LogP contribution in [0, 0.1) is 23.7 Å². The van der Waals surface area contributed by atoms with Crippen LogP contribution in [0.1, 0.15) is 28.8 Å². The zero-order valence-corrected chi connectivity index (χ0v) is 17.0. The van der Waals surface area contributed by atoms with Crippen LogP contribution in [0.4, 0.5) is 11.4 Å². The number of hydrogen-bond donors (Lipinski definition) is 2. The lowest BCUT2D eigenvalue weighted by Crippen LogP contribution is -2.36. The third kappa shape index (κ3) is 3.42. The first-order valence-electron chi connectivity index (χ1n) is 10.7. The fourth-order valence-corrected chi connectivity index (χ4v) is 5.34. The van der Waals surface area contributed by atoms with Crippen molar-refractivity contribution >= 4 is 29.2 Å². The first kappa shape index (κ1) is 19.5. The molecule has 0 radical (unpaired) electrons. The van der Waals surface area contributed by atoms with Gasteiger partial charge in [-0.25, -0.2) is 0 Å². The predicted octanol–water partition coefficient (Wildman–Crippen LogP) is 3.74. The number of amides is 2. The maximum Gasteiger partial charge on any atom is 0.307 e. The molecule has 0 spiro atoms. The smallest absolute Gasteiger partial charge is 0.307 e. The van der Waals surface area contributed by atoms with Gasteiger partial charge >= 0.3 is 5.97 Å². The number of nitrogens with zero attached hydrogens (tertiary/aromatic N) is 1. The Morgan fingerprint density at radius 3 is 2.39 bits per heavy atom. The van der Waals surface area contributed by atoms with Gasteiger partial charge in [0.05, 0.1) is 11.8 Å². The zero-order chi connectivity index (χ0) is 21.5. The summed E-state index contributed by atoms with van der Waals surface area (Å²) in [7, 11) is 0. The summed E-state index contributed by atoms with van der Waals surface area (Å²) in [5.41, 5.74) is 3.26. The molecule has 2 aliphatic carbocycles. The maximum absolute atomic E-state index is 13.1. The Morgan fingerprint density at radius 1 is 0.935 bits per heavy atom. The Hall–Kier alpha value is -3.41. The molecule has 4 atom stereocenters. The van der Waals surface area contributed by atoms with E-state index in [9.17, 15) is 19.5 Å². The van der Waals surface area contributed by atoms with E-state index in [-0.39, 0.29) is 23.7 Å². The van der Waals surface area contributed by atoms with Crippen molar-refractivity contribution in [3.8, 4) is 0 Å². The Balaban J connectivity index is 1.30. The summed E-state index contributed by atoms with van der Waals surface area (Å²) in [5, 5.41) is 12.4. The first-order valence-corrected chi connectivity index (χ1v) is 10.7. The molecule has 1 aliphatic heterocycles. The predicted molar refractivity (Wildman–Crippen MR) is 117 cm³/mol. The number of fused-ring (bicyclic) bond motifs is 3. The fraction of sp³-hybridized carbons (Fsp3) is 0.320. The number of aryl methyl sites for hydroxylation is 1. The Labute approximate surface area is 180 Å². The summed E-state index contributed by atoms with van der Waals surface area (Å²) in [6, 6.07) is 14.8. The van der Waals surface area contributed by atoms with Gasteiger partial charge in [-0.3, -0.25) is 14.4 Å². The number of carboxylic acid groups (broad SMARTS) is 1. The quantitative estimate of drug-likeness (QED) is 0.744. The van der Waals surface area contributed by atoms with Gasteiger partial charge in [-0.05, 0) is 67.0 Å². The average molecular weight is 416 g/mol. The molecule has 2 amide bonds. The van der Waals surface area contributed by atoms with E-state index in [0.29, 0.717) is 17.8 Å². The van der Waals surface area contributed by atoms with E-state index in [0.717, 1.165) is 24.9 Å². The van der Waals surface area contributed by atoms with Crippen LogP contribution in [0.15, 0.2) is 60.7 Å². The molecule has 2 aromatic carbocycles. The molecule has 6 nitrogen and oxygen atoms in total. The highest BCUT2D eigenvalue weighted by Gasteiger charge is 2.51. The zero-order valence-electron chi connectivity index (χ0n) is 17.0. The second-order valence-corrected chi connectivity index (χ2v) is 8.59. The maximum atomic E-state index is 13.1.